The van der Waals surface area contributed by atoms with Crippen LogP contribution in [-0.4, -0.2) is 60.5 Å². The van der Waals surface area contributed by atoms with Crippen molar-refractivity contribution in [3.63, 3.8) is 0 Å². The normalized spacial score (nSPS) is 20.6. The molecule has 2 aromatic carbocycles. The van der Waals surface area contributed by atoms with Crippen LogP contribution in [0.2, 0.25) is 0 Å². The van der Waals surface area contributed by atoms with Crippen molar-refractivity contribution in [2.24, 2.45) is 0 Å². The molecular formula is C30H33N5O6. The summed E-state index contributed by atoms with van der Waals surface area (Å²) >= 11 is 0. The van der Waals surface area contributed by atoms with E-state index in [1.54, 1.807) is 24.3 Å². The van der Waals surface area contributed by atoms with Gasteiger partial charge in [-0.25, -0.2) is 28.3 Å². The Hall–Kier alpha value is -4.38. The van der Waals surface area contributed by atoms with Crippen LogP contribution in [0, 0.1) is 0 Å². The fraction of sp³-hybridized carbons (Fsp3) is 0.400. The molecule has 214 valence electrons. The number of allylic oxidation sites excluding steroid dienone is 1. The molecule has 1 aromatic heterocycles. The lowest BCUT2D eigenvalue weighted by molar-refractivity contribution is 0.101. The molecule has 1 saturated heterocycles. The number of ketones is 1. The summed E-state index contributed by atoms with van der Waals surface area (Å²) in [5.74, 6) is 0.445. The molecule has 41 heavy (non-hydrogen) atoms. The average molecular weight is 560 g/mol. The zero-order valence-electron chi connectivity index (χ0n) is 23.3. The molecule has 3 aliphatic heterocycles. The fourth-order valence-corrected chi connectivity index (χ4v) is 6.25. The summed E-state index contributed by atoms with van der Waals surface area (Å²) in [6.45, 7) is 7.24. The Kier molecular flexibility index (Phi) is 6.49. The monoisotopic (exact) mass is 559 g/mol. The van der Waals surface area contributed by atoms with E-state index in [2.05, 4.69) is 5.32 Å². The van der Waals surface area contributed by atoms with E-state index in [1.165, 1.54) is 21.2 Å². The maximum atomic E-state index is 13.9. The van der Waals surface area contributed by atoms with Crippen LogP contribution in [0.1, 0.15) is 61.1 Å². The van der Waals surface area contributed by atoms with Crippen LogP contribution in [0.4, 0.5) is 4.79 Å². The predicted molar refractivity (Wildman–Crippen MR) is 151 cm³/mol. The Balaban J connectivity index is 1.41. The zero-order valence-corrected chi connectivity index (χ0v) is 23.3. The highest BCUT2D eigenvalue weighted by Crippen LogP contribution is 2.46. The van der Waals surface area contributed by atoms with Gasteiger partial charge in [0.1, 0.15) is 17.4 Å². The van der Waals surface area contributed by atoms with Crippen molar-refractivity contribution in [3.05, 3.63) is 91.8 Å². The van der Waals surface area contributed by atoms with Gasteiger partial charge in [0.25, 0.3) is 0 Å². The number of amides is 1. The van der Waals surface area contributed by atoms with Gasteiger partial charge in [0.2, 0.25) is 0 Å². The lowest BCUT2D eigenvalue weighted by Crippen LogP contribution is -2.48. The Labute approximate surface area is 236 Å². The van der Waals surface area contributed by atoms with Gasteiger partial charge in [-0.05, 0) is 81.6 Å². The molecule has 0 bridgehead atoms. The number of carbonyl (C=O) groups is 2. The molecule has 2 unspecified atom stereocenters. The van der Waals surface area contributed by atoms with Crippen molar-refractivity contribution in [2.45, 2.75) is 64.4 Å². The quantitative estimate of drug-likeness (QED) is 0.363. The second-order valence-electron chi connectivity index (χ2n) is 11.4. The van der Waals surface area contributed by atoms with Crippen molar-refractivity contribution in [1.82, 2.24) is 24.1 Å². The maximum absolute atomic E-state index is 13.9. The first-order valence-corrected chi connectivity index (χ1v) is 13.8. The number of rotatable bonds is 5. The molecule has 1 fully saturated rings. The smallest absolute Gasteiger partial charge is 0.407 e. The van der Waals surface area contributed by atoms with Crippen molar-refractivity contribution >= 4 is 11.9 Å². The number of ether oxygens (including phenoxy) is 1. The van der Waals surface area contributed by atoms with Crippen LogP contribution >= 0.6 is 0 Å². The molecule has 11 heteroatoms. The number of Topliss-reactive ketones (excluding diaryl/α,β-unsaturated/α-hetero) is 1. The zero-order chi connectivity index (χ0) is 29.1. The Bertz CT molecular complexity index is 1690. The van der Waals surface area contributed by atoms with E-state index in [0.717, 1.165) is 40.7 Å². The largest absolute Gasteiger partial charge is 0.483 e. The maximum Gasteiger partial charge on any atom is 0.407 e. The van der Waals surface area contributed by atoms with Crippen LogP contribution in [0.15, 0.2) is 63.7 Å². The van der Waals surface area contributed by atoms with Crippen LogP contribution in [0.3, 0.4) is 0 Å². The van der Waals surface area contributed by atoms with E-state index in [4.69, 9.17) is 4.74 Å². The van der Waals surface area contributed by atoms with Gasteiger partial charge in [-0.1, -0.05) is 18.2 Å². The number of hydrogen-bond acceptors (Lipinski definition) is 6. The van der Waals surface area contributed by atoms with E-state index in [0.29, 0.717) is 23.5 Å². The minimum Gasteiger partial charge on any atom is -0.483 e. The number of piperidine rings is 1. The number of carbonyl (C=O) groups excluding carboxylic acids is 1. The van der Waals surface area contributed by atoms with E-state index in [1.807, 2.05) is 38.1 Å². The van der Waals surface area contributed by atoms with Gasteiger partial charge >= 0.3 is 17.5 Å². The molecule has 6 rings (SSSR count). The van der Waals surface area contributed by atoms with Gasteiger partial charge in [0, 0.05) is 30.3 Å². The molecule has 3 aliphatic rings. The number of nitrogens with one attached hydrogen (secondary N) is 1. The Morgan fingerprint density at radius 3 is 2.54 bits per heavy atom. The third kappa shape index (κ3) is 4.50. The topological polar surface area (TPSA) is 128 Å². The molecule has 1 amide bonds. The first-order valence-electron chi connectivity index (χ1n) is 13.8. The highest BCUT2D eigenvalue weighted by molar-refractivity contribution is 5.94. The van der Waals surface area contributed by atoms with E-state index in [9.17, 15) is 24.3 Å². The number of benzene rings is 2. The van der Waals surface area contributed by atoms with Gasteiger partial charge in [-0.3, -0.25) is 9.69 Å². The van der Waals surface area contributed by atoms with Crippen LogP contribution in [0.5, 0.6) is 5.75 Å². The highest BCUT2D eigenvalue weighted by Gasteiger charge is 2.44. The molecule has 0 saturated carbocycles. The molecule has 2 N–H and O–H groups in total. The van der Waals surface area contributed by atoms with Crippen molar-refractivity contribution < 1.29 is 19.4 Å². The van der Waals surface area contributed by atoms with Gasteiger partial charge in [0.05, 0.1) is 12.2 Å². The number of carboxylic acid groups (broad SMARTS) is 1. The summed E-state index contributed by atoms with van der Waals surface area (Å²) < 4.78 is 10.5. The summed E-state index contributed by atoms with van der Waals surface area (Å²) in [6, 6.07) is 11.3. The standard InChI is InChI=1S/C30H33N5O6/c1-18(36)20-7-9-21(10-8-20)34-27(37)33-14-12-24-26(35(33)28(34)38)23-11-6-19(15-25(23)41-30(24,2)3)17-32(29(39)40)22-5-4-13-31-16-22/h6-12,15,22,26,31H,4-5,13-14,16-17H2,1-3H3,(H,39,40). The van der Waals surface area contributed by atoms with Crippen molar-refractivity contribution in [2.75, 3.05) is 13.1 Å². The van der Waals surface area contributed by atoms with E-state index in [-0.39, 0.29) is 24.9 Å². The van der Waals surface area contributed by atoms with E-state index >= 15 is 0 Å². The summed E-state index contributed by atoms with van der Waals surface area (Å²) in [7, 11) is 0. The summed E-state index contributed by atoms with van der Waals surface area (Å²) in [6.07, 6.45) is 2.69. The first-order chi connectivity index (χ1) is 19.6. The van der Waals surface area contributed by atoms with Crippen LogP contribution < -0.4 is 21.4 Å². The van der Waals surface area contributed by atoms with E-state index < -0.39 is 29.1 Å². The van der Waals surface area contributed by atoms with Gasteiger partial charge < -0.3 is 15.2 Å². The number of hydrogen-bond donors (Lipinski definition) is 2. The van der Waals surface area contributed by atoms with Gasteiger partial charge in [-0.15, -0.1) is 0 Å². The number of aromatic nitrogens is 3. The molecule has 0 spiro atoms. The summed E-state index contributed by atoms with van der Waals surface area (Å²) in [5.41, 5.74) is 1.51. The average Bonchev–Trinajstić information content (AvgIpc) is 3.21. The minimum absolute atomic E-state index is 0.104. The Morgan fingerprint density at radius 1 is 1.12 bits per heavy atom. The second kappa shape index (κ2) is 9.91. The lowest BCUT2D eigenvalue weighted by Gasteiger charge is -2.42. The van der Waals surface area contributed by atoms with Gasteiger partial charge in [0.15, 0.2) is 5.78 Å². The molecule has 3 aromatic rings. The lowest BCUT2D eigenvalue weighted by atomic mass is 9.82. The second-order valence-corrected chi connectivity index (χ2v) is 11.4. The van der Waals surface area contributed by atoms with Gasteiger partial charge in [-0.2, -0.15) is 0 Å². The van der Waals surface area contributed by atoms with Crippen molar-refractivity contribution in [1.29, 1.82) is 0 Å². The van der Waals surface area contributed by atoms with Crippen molar-refractivity contribution in [3.8, 4) is 11.4 Å². The number of nitrogens with zero attached hydrogens (tertiary/aromatic N) is 4. The molecule has 11 nitrogen and oxygen atoms in total. The first kappa shape index (κ1) is 26.8. The highest BCUT2D eigenvalue weighted by atomic mass is 16.5. The van der Waals surface area contributed by atoms with Crippen LogP contribution in [-0.2, 0) is 13.1 Å². The molecule has 2 atom stereocenters. The summed E-state index contributed by atoms with van der Waals surface area (Å²) in [4.78, 5) is 52.7. The van der Waals surface area contributed by atoms with Crippen LogP contribution in [0.25, 0.3) is 5.69 Å². The summed E-state index contributed by atoms with van der Waals surface area (Å²) in [5, 5.41) is 13.2. The molecule has 4 heterocycles. The third-order valence-corrected chi connectivity index (χ3v) is 8.36. The molecule has 0 radical (unpaired) electrons. The number of fused-ring (bicyclic) bond motifs is 5. The molecular weight excluding hydrogens is 526 g/mol. The predicted octanol–water partition coefficient (Wildman–Crippen LogP) is 2.94. The minimum atomic E-state index is -0.969. The Morgan fingerprint density at radius 2 is 1.88 bits per heavy atom. The fourth-order valence-electron chi connectivity index (χ4n) is 6.25. The SMILES string of the molecule is CC(=O)c1ccc(-n2c(=O)n3n(c2=O)C2C(=CC3)C(C)(C)Oc3cc(CN(C(=O)O)C4CCCNC4)ccc32)cc1. The third-order valence-electron chi connectivity index (χ3n) is 8.36. The molecule has 0 aliphatic carbocycles.